The van der Waals surface area contributed by atoms with Gasteiger partial charge in [-0.1, -0.05) is 13.8 Å². The number of rotatable bonds is 6. The first-order chi connectivity index (χ1) is 11.5. The smallest absolute Gasteiger partial charge is 0.243 e. The number of aromatic nitrogens is 3. The van der Waals surface area contributed by atoms with Crippen LogP contribution in [0.2, 0.25) is 0 Å². The zero-order valence-electron chi connectivity index (χ0n) is 15.6. The van der Waals surface area contributed by atoms with Crippen LogP contribution in [0.4, 0.5) is 0 Å². The second-order valence-electron chi connectivity index (χ2n) is 6.24. The third-order valence-corrected chi connectivity index (χ3v) is 3.97. The van der Waals surface area contributed by atoms with E-state index >= 15 is 0 Å². The maximum absolute atomic E-state index is 11.8. The minimum absolute atomic E-state index is 0. The fourth-order valence-electron chi connectivity index (χ4n) is 2.51. The molecular weight excluding hydrogens is 433 g/mol. The van der Waals surface area contributed by atoms with E-state index in [2.05, 4.69) is 39.6 Å². The molecule has 2 rings (SSSR count). The monoisotopic (exact) mass is 463 g/mol. The zero-order valence-corrected chi connectivity index (χ0v) is 17.9. The average Bonchev–Trinajstić information content (AvgIpc) is 2.99. The average molecular weight is 463 g/mol. The largest absolute Gasteiger partial charge is 0.356 e. The summed E-state index contributed by atoms with van der Waals surface area (Å²) in [6.45, 7) is 5.91. The van der Waals surface area contributed by atoms with Gasteiger partial charge in [0.15, 0.2) is 11.8 Å². The molecule has 2 heterocycles. The van der Waals surface area contributed by atoms with Gasteiger partial charge in [-0.05, 0) is 12.8 Å². The van der Waals surface area contributed by atoms with Gasteiger partial charge in [-0.25, -0.2) is 14.7 Å². The van der Waals surface area contributed by atoms with Gasteiger partial charge in [-0.3, -0.25) is 4.79 Å². The van der Waals surface area contributed by atoms with E-state index in [0.717, 1.165) is 50.4 Å². The second kappa shape index (κ2) is 10.6. The highest BCUT2D eigenvalue weighted by molar-refractivity contribution is 14.0. The van der Waals surface area contributed by atoms with E-state index in [1.54, 1.807) is 19.0 Å². The summed E-state index contributed by atoms with van der Waals surface area (Å²) in [5.74, 6) is 2.65. The number of carbonyl (C=O) groups is 1. The van der Waals surface area contributed by atoms with Gasteiger partial charge in [0.25, 0.3) is 0 Å². The molecule has 0 aromatic carbocycles. The van der Waals surface area contributed by atoms with Crippen molar-refractivity contribution >= 4 is 35.8 Å². The molecule has 25 heavy (non-hydrogen) atoms. The Labute approximate surface area is 166 Å². The Morgan fingerprint density at radius 3 is 2.80 bits per heavy atom. The lowest BCUT2D eigenvalue weighted by Crippen LogP contribution is -2.47. The van der Waals surface area contributed by atoms with E-state index in [-0.39, 0.29) is 42.5 Å². The molecule has 0 radical (unpaired) electrons. The van der Waals surface area contributed by atoms with Crippen LogP contribution in [-0.2, 0) is 24.2 Å². The number of nitrogens with one attached hydrogen (secondary N) is 2. The highest BCUT2D eigenvalue weighted by Crippen LogP contribution is 2.13. The Morgan fingerprint density at radius 1 is 1.40 bits per heavy atom. The molecule has 8 nitrogen and oxygen atoms in total. The van der Waals surface area contributed by atoms with Gasteiger partial charge in [0.1, 0.15) is 12.4 Å². The SMILES string of the molecule is CCCNC(=NCC(=O)N(C)C)NC1CCc2nc(CC)nn2C1.I. The fourth-order valence-corrected chi connectivity index (χ4v) is 2.51. The molecule has 1 aliphatic rings. The second-order valence-corrected chi connectivity index (χ2v) is 6.24. The number of aryl methyl sites for hydroxylation is 2. The molecule has 0 saturated heterocycles. The number of likely N-dealkylation sites (N-methyl/N-ethyl adjacent to an activating group) is 1. The molecule has 1 unspecified atom stereocenters. The van der Waals surface area contributed by atoms with Gasteiger partial charge in [0.2, 0.25) is 5.91 Å². The summed E-state index contributed by atoms with van der Waals surface area (Å²) in [4.78, 5) is 22.3. The molecule has 1 aromatic heterocycles. The number of hydrogen-bond donors (Lipinski definition) is 2. The van der Waals surface area contributed by atoms with Crippen molar-refractivity contribution in [2.24, 2.45) is 4.99 Å². The molecular formula is C16H30IN7O. The fraction of sp³-hybridized carbons (Fsp3) is 0.750. The van der Waals surface area contributed by atoms with E-state index in [1.807, 2.05) is 4.68 Å². The van der Waals surface area contributed by atoms with Gasteiger partial charge < -0.3 is 15.5 Å². The topological polar surface area (TPSA) is 87.4 Å². The minimum atomic E-state index is -0.0117. The lowest BCUT2D eigenvalue weighted by molar-refractivity contribution is -0.127. The first kappa shape index (κ1) is 21.7. The van der Waals surface area contributed by atoms with Gasteiger partial charge in [0, 0.05) is 39.5 Å². The summed E-state index contributed by atoms with van der Waals surface area (Å²) in [7, 11) is 3.48. The Kier molecular flexibility index (Phi) is 9.15. The number of hydrogen-bond acceptors (Lipinski definition) is 4. The summed E-state index contributed by atoms with van der Waals surface area (Å²) < 4.78 is 1.99. The van der Waals surface area contributed by atoms with Crippen LogP contribution in [0.15, 0.2) is 4.99 Å². The maximum Gasteiger partial charge on any atom is 0.243 e. The predicted octanol–water partition coefficient (Wildman–Crippen LogP) is 0.807. The van der Waals surface area contributed by atoms with Crippen molar-refractivity contribution in [3.05, 3.63) is 11.6 Å². The quantitative estimate of drug-likeness (QED) is 0.371. The molecule has 0 saturated carbocycles. The lowest BCUT2D eigenvalue weighted by atomic mass is 10.1. The Morgan fingerprint density at radius 2 is 2.16 bits per heavy atom. The number of amides is 1. The van der Waals surface area contributed by atoms with Crippen molar-refractivity contribution in [2.45, 2.75) is 52.1 Å². The van der Waals surface area contributed by atoms with Crippen molar-refractivity contribution in [3.63, 3.8) is 0 Å². The Hall–Kier alpha value is -1.39. The van der Waals surface area contributed by atoms with Crippen molar-refractivity contribution in [3.8, 4) is 0 Å². The van der Waals surface area contributed by atoms with Crippen LogP contribution >= 0.6 is 24.0 Å². The summed E-state index contributed by atoms with van der Waals surface area (Å²) in [5, 5.41) is 11.2. The lowest BCUT2D eigenvalue weighted by Gasteiger charge is -2.25. The van der Waals surface area contributed by atoms with Gasteiger partial charge >= 0.3 is 0 Å². The standard InChI is InChI=1S/C16H29N7O.HI/c1-5-9-17-16(18-10-15(24)22(3)4)19-12-7-8-14-20-13(6-2)21-23(14)11-12;/h12H,5-11H2,1-4H3,(H2,17,18,19);1H. The first-order valence-electron chi connectivity index (χ1n) is 8.71. The van der Waals surface area contributed by atoms with Crippen LogP contribution < -0.4 is 10.6 Å². The Bertz CT molecular complexity index is 585. The number of halogens is 1. The molecule has 1 amide bonds. The van der Waals surface area contributed by atoms with Crippen molar-refractivity contribution in [1.82, 2.24) is 30.3 Å². The number of guanidine groups is 1. The number of carbonyl (C=O) groups excluding carboxylic acids is 1. The molecule has 142 valence electrons. The molecule has 0 aliphatic carbocycles. The molecule has 1 atom stereocenters. The van der Waals surface area contributed by atoms with Crippen LogP contribution in [0.5, 0.6) is 0 Å². The molecule has 2 N–H and O–H groups in total. The predicted molar refractivity (Wildman–Crippen MR) is 109 cm³/mol. The van der Waals surface area contributed by atoms with E-state index in [0.29, 0.717) is 5.96 Å². The molecule has 1 aliphatic heterocycles. The molecule has 0 fully saturated rings. The summed E-state index contributed by atoms with van der Waals surface area (Å²) >= 11 is 0. The minimum Gasteiger partial charge on any atom is -0.356 e. The van der Waals surface area contributed by atoms with Crippen LogP contribution in [0, 0.1) is 0 Å². The van der Waals surface area contributed by atoms with Gasteiger partial charge in [-0.15, -0.1) is 24.0 Å². The zero-order chi connectivity index (χ0) is 17.5. The van der Waals surface area contributed by atoms with Gasteiger partial charge in [0.05, 0.1) is 6.54 Å². The van der Waals surface area contributed by atoms with E-state index in [4.69, 9.17) is 0 Å². The number of nitrogens with zero attached hydrogens (tertiary/aromatic N) is 5. The normalized spacial score (nSPS) is 16.6. The summed E-state index contributed by atoms with van der Waals surface area (Å²) in [6, 6.07) is 0.237. The third kappa shape index (κ3) is 6.44. The van der Waals surface area contributed by atoms with E-state index in [1.165, 1.54) is 0 Å². The maximum atomic E-state index is 11.8. The highest BCUT2D eigenvalue weighted by atomic mass is 127. The van der Waals surface area contributed by atoms with Crippen LogP contribution in [0.25, 0.3) is 0 Å². The van der Waals surface area contributed by atoms with Crippen LogP contribution in [0.1, 0.15) is 38.3 Å². The van der Waals surface area contributed by atoms with E-state index in [9.17, 15) is 4.79 Å². The van der Waals surface area contributed by atoms with Crippen molar-refractivity contribution in [2.75, 3.05) is 27.2 Å². The molecule has 0 spiro atoms. The van der Waals surface area contributed by atoms with Gasteiger partial charge in [-0.2, -0.15) is 5.10 Å². The van der Waals surface area contributed by atoms with Crippen molar-refractivity contribution in [1.29, 1.82) is 0 Å². The van der Waals surface area contributed by atoms with Crippen molar-refractivity contribution < 1.29 is 4.79 Å². The van der Waals surface area contributed by atoms with E-state index < -0.39 is 0 Å². The first-order valence-corrected chi connectivity index (χ1v) is 8.71. The molecule has 1 aromatic rings. The highest BCUT2D eigenvalue weighted by Gasteiger charge is 2.22. The molecule has 9 heteroatoms. The van der Waals surface area contributed by atoms with Crippen LogP contribution in [0.3, 0.4) is 0 Å². The summed E-state index contributed by atoms with van der Waals surface area (Å²) in [5.41, 5.74) is 0. The summed E-state index contributed by atoms with van der Waals surface area (Å²) in [6.07, 6.45) is 3.74. The van der Waals surface area contributed by atoms with Crippen LogP contribution in [-0.4, -0.2) is 64.8 Å². The third-order valence-electron chi connectivity index (χ3n) is 3.97. The number of aliphatic imine (C=N–C) groups is 1. The Balaban J connectivity index is 0.00000312. The number of fused-ring (bicyclic) bond motifs is 1. The molecule has 0 bridgehead atoms.